The van der Waals surface area contributed by atoms with Crippen LogP contribution in [0.5, 0.6) is 0 Å². The summed E-state index contributed by atoms with van der Waals surface area (Å²) in [5.41, 5.74) is 1.93. The molecule has 0 bridgehead atoms. The molecule has 1 aliphatic rings. The maximum absolute atomic E-state index is 12.5. The van der Waals surface area contributed by atoms with Crippen LogP contribution in [0.25, 0.3) is 0 Å². The van der Waals surface area contributed by atoms with Crippen LogP contribution in [0.4, 0.5) is 5.82 Å². The van der Waals surface area contributed by atoms with Gasteiger partial charge in [-0.05, 0) is 18.6 Å². The molecule has 0 radical (unpaired) electrons. The second kappa shape index (κ2) is 7.34. The van der Waals surface area contributed by atoms with Crippen molar-refractivity contribution in [2.24, 2.45) is 7.05 Å². The van der Waals surface area contributed by atoms with E-state index in [0.717, 1.165) is 35.9 Å². The van der Waals surface area contributed by atoms with Gasteiger partial charge in [0.15, 0.2) is 0 Å². The van der Waals surface area contributed by atoms with Crippen LogP contribution in [0, 0.1) is 6.92 Å². The van der Waals surface area contributed by atoms with Crippen LogP contribution < -0.4 is 10.6 Å². The standard InChI is InChI=1S/C17H22ClN5O/c1-12-9-16(22(2)21-12)20-17(24)11-23-8-7-19-10-15(23)13-5-3-4-6-14(13)18/h3-6,9,15,19H,7-8,10-11H2,1-2H3,(H,20,24). The number of hydrogen-bond donors (Lipinski definition) is 2. The Hall–Kier alpha value is -1.89. The second-order valence-corrected chi connectivity index (χ2v) is 6.46. The van der Waals surface area contributed by atoms with Gasteiger partial charge < -0.3 is 10.6 Å². The van der Waals surface area contributed by atoms with Gasteiger partial charge in [0.05, 0.1) is 12.2 Å². The van der Waals surface area contributed by atoms with E-state index in [-0.39, 0.29) is 11.9 Å². The van der Waals surface area contributed by atoms with Gasteiger partial charge in [0, 0.05) is 43.8 Å². The molecule has 3 rings (SSSR count). The predicted octanol–water partition coefficient (Wildman–Crippen LogP) is 1.97. The molecule has 2 aromatic rings. The number of halogens is 1. The number of anilines is 1. The highest BCUT2D eigenvalue weighted by Gasteiger charge is 2.27. The third-order valence-electron chi connectivity index (χ3n) is 4.23. The summed E-state index contributed by atoms with van der Waals surface area (Å²) in [7, 11) is 1.82. The number of rotatable bonds is 4. The van der Waals surface area contributed by atoms with Crippen LogP contribution in [0.1, 0.15) is 17.3 Å². The molecule has 1 atom stereocenters. The lowest BCUT2D eigenvalue weighted by molar-refractivity contribution is -0.118. The van der Waals surface area contributed by atoms with Crippen molar-refractivity contribution in [3.05, 3.63) is 46.6 Å². The summed E-state index contributed by atoms with van der Waals surface area (Å²) in [6.45, 7) is 4.66. The molecule has 24 heavy (non-hydrogen) atoms. The van der Waals surface area contributed by atoms with Crippen molar-refractivity contribution >= 4 is 23.3 Å². The maximum atomic E-state index is 12.5. The molecule has 1 saturated heterocycles. The molecule has 128 valence electrons. The number of nitrogens with zero attached hydrogens (tertiary/aromatic N) is 3. The molecule has 1 fully saturated rings. The van der Waals surface area contributed by atoms with Crippen molar-refractivity contribution in [2.75, 3.05) is 31.5 Å². The summed E-state index contributed by atoms with van der Waals surface area (Å²) in [6, 6.07) is 9.77. The summed E-state index contributed by atoms with van der Waals surface area (Å²) in [4.78, 5) is 14.6. The lowest BCUT2D eigenvalue weighted by Gasteiger charge is -2.36. The topological polar surface area (TPSA) is 62.2 Å². The lowest BCUT2D eigenvalue weighted by Crippen LogP contribution is -2.48. The minimum atomic E-state index is -0.0445. The predicted molar refractivity (Wildman–Crippen MR) is 95.2 cm³/mol. The van der Waals surface area contributed by atoms with E-state index in [0.29, 0.717) is 12.4 Å². The Morgan fingerprint density at radius 2 is 2.25 bits per heavy atom. The number of piperazine rings is 1. The Bertz CT molecular complexity index is 730. The van der Waals surface area contributed by atoms with Gasteiger partial charge in [0.2, 0.25) is 5.91 Å². The van der Waals surface area contributed by atoms with E-state index < -0.39 is 0 Å². The highest BCUT2D eigenvalue weighted by atomic mass is 35.5. The van der Waals surface area contributed by atoms with Crippen molar-refractivity contribution in [3.63, 3.8) is 0 Å². The third kappa shape index (κ3) is 3.77. The van der Waals surface area contributed by atoms with E-state index in [1.54, 1.807) is 4.68 Å². The largest absolute Gasteiger partial charge is 0.314 e. The second-order valence-electron chi connectivity index (χ2n) is 6.05. The lowest BCUT2D eigenvalue weighted by atomic mass is 10.0. The van der Waals surface area contributed by atoms with Crippen molar-refractivity contribution in [1.82, 2.24) is 20.0 Å². The zero-order valence-corrected chi connectivity index (χ0v) is 14.7. The van der Waals surface area contributed by atoms with E-state index >= 15 is 0 Å². The average molecular weight is 348 g/mol. The fourth-order valence-electron chi connectivity index (χ4n) is 3.08. The molecule has 6 nitrogen and oxygen atoms in total. The first-order valence-corrected chi connectivity index (χ1v) is 8.42. The first-order chi connectivity index (χ1) is 11.5. The number of amides is 1. The van der Waals surface area contributed by atoms with Crippen molar-refractivity contribution in [1.29, 1.82) is 0 Å². The number of hydrogen-bond acceptors (Lipinski definition) is 4. The molecule has 1 amide bonds. The minimum Gasteiger partial charge on any atom is -0.314 e. The molecular formula is C17H22ClN5O. The van der Waals surface area contributed by atoms with Crippen LogP contribution >= 0.6 is 11.6 Å². The zero-order valence-electron chi connectivity index (χ0n) is 13.9. The van der Waals surface area contributed by atoms with Crippen molar-refractivity contribution in [2.45, 2.75) is 13.0 Å². The molecule has 0 saturated carbocycles. The minimum absolute atomic E-state index is 0.0445. The highest BCUT2D eigenvalue weighted by Crippen LogP contribution is 2.28. The van der Waals surface area contributed by atoms with Crippen LogP contribution in [0.3, 0.4) is 0 Å². The summed E-state index contributed by atoms with van der Waals surface area (Å²) >= 11 is 6.35. The molecule has 0 aliphatic carbocycles. The summed E-state index contributed by atoms with van der Waals surface area (Å²) in [5, 5.41) is 11.3. The normalized spacial score (nSPS) is 18.5. The number of aromatic nitrogens is 2. The van der Waals surface area contributed by atoms with Gasteiger partial charge in [-0.2, -0.15) is 5.10 Å². The molecule has 7 heteroatoms. The maximum Gasteiger partial charge on any atom is 0.239 e. The summed E-state index contributed by atoms with van der Waals surface area (Å²) < 4.78 is 1.68. The van der Waals surface area contributed by atoms with E-state index in [4.69, 9.17) is 11.6 Å². The number of carbonyl (C=O) groups is 1. The summed E-state index contributed by atoms with van der Waals surface area (Å²) in [6.07, 6.45) is 0. The Balaban J connectivity index is 1.71. The van der Waals surface area contributed by atoms with Crippen LogP contribution in [0.2, 0.25) is 5.02 Å². The fourth-order valence-corrected chi connectivity index (χ4v) is 3.34. The molecule has 1 aliphatic heterocycles. The average Bonchev–Trinajstić information content (AvgIpc) is 2.86. The first-order valence-electron chi connectivity index (χ1n) is 8.04. The number of nitrogens with one attached hydrogen (secondary N) is 2. The third-order valence-corrected chi connectivity index (χ3v) is 4.58. The van der Waals surface area contributed by atoms with Crippen molar-refractivity contribution in [3.8, 4) is 0 Å². The SMILES string of the molecule is Cc1cc(NC(=O)CN2CCNCC2c2ccccc2Cl)n(C)n1. The first kappa shape index (κ1) is 17.0. The Labute approximate surface area is 146 Å². The molecule has 0 spiro atoms. The Morgan fingerprint density at radius 3 is 2.96 bits per heavy atom. The smallest absolute Gasteiger partial charge is 0.239 e. The molecular weight excluding hydrogens is 326 g/mol. The van der Waals surface area contributed by atoms with Gasteiger partial charge in [0.25, 0.3) is 0 Å². The van der Waals surface area contributed by atoms with Gasteiger partial charge in [-0.25, -0.2) is 0 Å². The Morgan fingerprint density at radius 1 is 1.46 bits per heavy atom. The van der Waals surface area contributed by atoms with Gasteiger partial charge in [-0.3, -0.25) is 14.4 Å². The van der Waals surface area contributed by atoms with Gasteiger partial charge in [-0.15, -0.1) is 0 Å². The molecule has 1 aromatic carbocycles. The van der Waals surface area contributed by atoms with Crippen LogP contribution in [-0.4, -0.2) is 46.8 Å². The number of carbonyl (C=O) groups excluding carboxylic acids is 1. The number of benzene rings is 1. The molecule has 1 aromatic heterocycles. The Kier molecular flexibility index (Phi) is 5.18. The van der Waals surface area contributed by atoms with Gasteiger partial charge in [0.1, 0.15) is 5.82 Å². The van der Waals surface area contributed by atoms with Gasteiger partial charge in [-0.1, -0.05) is 29.8 Å². The van der Waals surface area contributed by atoms with E-state index in [9.17, 15) is 4.79 Å². The fraction of sp³-hybridized carbons (Fsp3) is 0.412. The van der Waals surface area contributed by atoms with E-state index in [2.05, 4.69) is 20.6 Å². The van der Waals surface area contributed by atoms with E-state index in [1.807, 2.05) is 44.3 Å². The van der Waals surface area contributed by atoms with Crippen molar-refractivity contribution < 1.29 is 4.79 Å². The number of aryl methyl sites for hydroxylation is 2. The quantitative estimate of drug-likeness (QED) is 0.887. The van der Waals surface area contributed by atoms with E-state index in [1.165, 1.54) is 0 Å². The monoisotopic (exact) mass is 347 g/mol. The summed E-state index contributed by atoms with van der Waals surface area (Å²) in [5.74, 6) is 0.666. The highest BCUT2D eigenvalue weighted by molar-refractivity contribution is 6.31. The zero-order chi connectivity index (χ0) is 17.1. The van der Waals surface area contributed by atoms with Crippen LogP contribution in [-0.2, 0) is 11.8 Å². The van der Waals surface area contributed by atoms with Gasteiger partial charge >= 0.3 is 0 Å². The molecule has 1 unspecified atom stereocenters. The molecule has 2 heterocycles. The molecule has 2 N–H and O–H groups in total. The van der Waals surface area contributed by atoms with Crippen LogP contribution in [0.15, 0.2) is 30.3 Å².